The Bertz CT molecular complexity index is 1330. The molecule has 2 aromatic carbocycles. The van der Waals surface area contributed by atoms with Crippen molar-refractivity contribution in [3.63, 3.8) is 0 Å². The van der Waals surface area contributed by atoms with E-state index in [0.717, 1.165) is 17.7 Å². The summed E-state index contributed by atoms with van der Waals surface area (Å²) >= 11 is 3.23. The normalized spacial score (nSPS) is 12.8. The number of nitrogens with zero attached hydrogens (tertiary/aromatic N) is 3. The minimum atomic E-state index is -0.870. The Kier molecular flexibility index (Phi) is 6.50. The number of carbonyl (C=O) groups excluding carboxylic acids is 1. The molecule has 168 valence electrons. The first-order valence-electron chi connectivity index (χ1n) is 9.94. The van der Waals surface area contributed by atoms with Crippen LogP contribution in [0.25, 0.3) is 0 Å². The van der Waals surface area contributed by atoms with Crippen LogP contribution in [0.3, 0.4) is 0 Å². The molecule has 1 aliphatic heterocycles. The van der Waals surface area contributed by atoms with Crippen LogP contribution in [0.2, 0.25) is 0 Å². The van der Waals surface area contributed by atoms with Crippen molar-refractivity contribution in [3.05, 3.63) is 104 Å². The Balaban J connectivity index is 1.54. The highest BCUT2D eigenvalue weighted by atomic mass is 79.9. The highest BCUT2D eigenvalue weighted by Gasteiger charge is 2.17. The highest BCUT2D eigenvalue weighted by Crippen LogP contribution is 2.30. The van der Waals surface area contributed by atoms with Gasteiger partial charge in [0.2, 0.25) is 0 Å². The SMILES string of the molecule is Cc1cc(Oc2ccc(F)cc2F)c(Br)c(=O)n1Cc1ccc(C(=O)N2C=CN=CC2)cc1. The van der Waals surface area contributed by atoms with Gasteiger partial charge in [-0.1, -0.05) is 12.1 Å². The van der Waals surface area contributed by atoms with Crippen LogP contribution >= 0.6 is 15.9 Å². The van der Waals surface area contributed by atoms with Crippen molar-refractivity contribution < 1.29 is 18.3 Å². The number of hydrogen-bond acceptors (Lipinski definition) is 4. The van der Waals surface area contributed by atoms with Gasteiger partial charge in [-0.15, -0.1) is 0 Å². The quantitative estimate of drug-likeness (QED) is 0.480. The number of carbonyl (C=O) groups is 1. The highest BCUT2D eigenvalue weighted by molar-refractivity contribution is 9.10. The Morgan fingerprint density at radius 1 is 1.12 bits per heavy atom. The molecular formula is C24H18BrF2N3O3. The van der Waals surface area contributed by atoms with E-state index < -0.39 is 11.6 Å². The molecule has 0 unspecified atom stereocenters. The Hall–Kier alpha value is -3.59. The maximum Gasteiger partial charge on any atom is 0.269 e. The van der Waals surface area contributed by atoms with Gasteiger partial charge < -0.3 is 14.2 Å². The third kappa shape index (κ3) is 4.93. The van der Waals surface area contributed by atoms with Gasteiger partial charge >= 0.3 is 0 Å². The molecule has 0 aliphatic carbocycles. The molecule has 33 heavy (non-hydrogen) atoms. The Labute approximate surface area is 196 Å². The van der Waals surface area contributed by atoms with Gasteiger partial charge in [-0.25, -0.2) is 8.78 Å². The van der Waals surface area contributed by atoms with Gasteiger partial charge in [0.15, 0.2) is 11.6 Å². The molecule has 0 bridgehead atoms. The van der Waals surface area contributed by atoms with Crippen LogP contribution in [0.1, 0.15) is 21.6 Å². The standard InChI is InChI=1S/C24H18BrF2N3O3/c1-15-12-21(33-20-7-6-18(26)13-19(20)27)22(25)24(32)30(15)14-16-2-4-17(5-3-16)23(31)29-10-8-28-9-11-29/h2-10,12-13H,11,14H2,1H3. The molecule has 3 aromatic rings. The van der Waals surface area contributed by atoms with Gasteiger partial charge in [-0.3, -0.25) is 14.6 Å². The van der Waals surface area contributed by atoms with Gasteiger partial charge in [0.1, 0.15) is 16.0 Å². The van der Waals surface area contributed by atoms with E-state index in [1.54, 1.807) is 60.8 Å². The number of halogens is 3. The first-order valence-corrected chi connectivity index (χ1v) is 10.7. The summed E-state index contributed by atoms with van der Waals surface area (Å²) in [4.78, 5) is 31.0. The molecule has 0 fully saturated rings. The molecule has 0 N–H and O–H groups in total. The summed E-state index contributed by atoms with van der Waals surface area (Å²) in [6, 6.07) is 11.5. The largest absolute Gasteiger partial charge is 0.453 e. The van der Waals surface area contributed by atoms with Crippen molar-refractivity contribution in [2.24, 2.45) is 4.99 Å². The number of hydrogen-bond donors (Lipinski definition) is 0. The number of aromatic nitrogens is 1. The maximum absolute atomic E-state index is 13.9. The maximum atomic E-state index is 13.9. The topological polar surface area (TPSA) is 63.9 Å². The number of pyridine rings is 1. The van der Waals surface area contributed by atoms with E-state index in [9.17, 15) is 18.4 Å². The van der Waals surface area contributed by atoms with E-state index in [4.69, 9.17) is 4.74 Å². The molecule has 1 amide bonds. The van der Waals surface area contributed by atoms with Crippen molar-refractivity contribution in [1.82, 2.24) is 9.47 Å². The van der Waals surface area contributed by atoms with E-state index in [0.29, 0.717) is 23.9 Å². The summed E-state index contributed by atoms with van der Waals surface area (Å²) in [5.74, 6) is -1.80. The minimum absolute atomic E-state index is 0.113. The summed E-state index contributed by atoms with van der Waals surface area (Å²) in [5.41, 5.74) is 1.55. The first-order chi connectivity index (χ1) is 15.8. The van der Waals surface area contributed by atoms with E-state index >= 15 is 0 Å². The van der Waals surface area contributed by atoms with Crippen LogP contribution in [0.4, 0.5) is 8.78 Å². The molecule has 2 heterocycles. The minimum Gasteiger partial charge on any atom is -0.453 e. The van der Waals surface area contributed by atoms with E-state index in [2.05, 4.69) is 20.9 Å². The smallest absolute Gasteiger partial charge is 0.269 e. The molecule has 6 nitrogen and oxygen atoms in total. The third-order valence-electron chi connectivity index (χ3n) is 5.05. The molecular weight excluding hydrogens is 496 g/mol. The Morgan fingerprint density at radius 3 is 2.55 bits per heavy atom. The second-order valence-corrected chi connectivity index (χ2v) is 8.11. The zero-order valence-corrected chi connectivity index (χ0v) is 19.1. The fourth-order valence-electron chi connectivity index (χ4n) is 3.29. The second-order valence-electron chi connectivity index (χ2n) is 7.32. The zero-order valence-electron chi connectivity index (χ0n) is 17.5. The van der Waals surface area contributed by atoms with Crippen molar-refractivity contribution in [3.8, 4) is 11.5 Å². The van der Waals surface area contributed by atoms with Gasteiger partial charge in [0.05, 0.1) is 13.1 Å². The lowest BCUT2D eigenvalue weighted by molar-refractivity contribution is 0.0838. The van der Waals surface area contributed by atoms with E-state index in [-0.39, 0.29) is 34.0 Å². The van der Waals surface area contributed by atoms with Gasteiger partial charge in [0.25, 0.3) is 11.5 Å². The summed E-state index contributed by atoms with van der Waals surface area (Å²) in [7, 11) is 0. The summed E-state index contributed by atoms with van der Waals surface area (Å²) in [5, 5.41) is 0. The summed E-state index contributed by atoms with van der Waals surface area (Å²) in [6.07, 6.45) is 4.83. The van der Waals surface area contributed by atoms with Crippen molar-refractivity contribution >= 4 is 28.1 Å². The molecule has 0 spiro atoms. The van der Waals surface area contributed by atoms with Crippen LogP contribution in [-0.4, -0.2) is 28.1 Å². The molecule has 0 saturated carbocycles. The van der Waals surface area contributed by atoms with Crippen LogP contribution < -0.4 is 10.3 Å². The number of ether oxygens (including phenoxy) is 1. The number of amides is 1. The van der Waals surface area contributed by atoms with Crippen LogP contribution in [0, 0.1) is 18.6 Å². The molecule has 0 radical (unpaired) electrons. The fraction of sp³-hybridized carbons (Fsp3) is 0.125. The number of benzene rings is 2. The predicted octanol–water partition coefficient (Wildman–Crippen LogP) is 5.04. The molecule has 0 atom stereocenters. The molecule has 9 heteroatoms. The van der Waals surface area contributed by atoms with Crippen LogP contribution in [-0.2, 0) is 6.54 Å². The molecule has 0 saturated heterocycles. The summed E-state index contributed by atoms with van der Waals surface area (Å²) < 4.78 is 34.2. The lowest BCUT2D eigenvalue weighted by Crippen LogP contribution is -2.28. The molecule has 1 aliphatic rings. The fourth-order valence-corrected chi connectivity index (χ4v) is 3.70. The van der Waals surface area contributed by atoms with Gasteiger partial charge in [-0.2, -0.15) is 0 Å². The van der Waals surface area contributed by atoms with Crippen LogP contribution in [0.15, 0.2) is 75.2 Å². The lowest BCUT2D eigenvalue weighted by Gasteiger charge is -2.18. The second kappa shape index (κ2) is 9.50. The van der Waals surface area contributed by atoms with Crippen molar-refractivity contribution in [1.29, 1.82) is 0 Å². The van der Waals surface area contributed by atoms with E-state index in [1.165, 1.54) is 4.57 Å². The van der Waals surface area contributed by atoms with Crippen molar-refractivity contribution in [2.45, 2.75) is 13.5 Å². The summed E-state index contributed by atoms with van der Waals surface area (Å²) in [6.45, 7) is 2.40. The number of aliphatic imine (C=N–C) groups is 1. The van der Waals surface area contributed by atoms with Gasteiger partial charge in [-0.05, 0) is 52.7 Å². The Morgan fingerprint density at radius 2 is 1.88 bits per heavy atom. The van der Waals surface area contributed by atoms with Crippen LogP contribution in [0.5, 0.6) is 11.5 Å². The average Bonchev–Trinajstić information content (AvgIpc) is 2.82. The first kappa shape index (κ1) is 22.6. The molecule has 1 aromatic heterocycles. The average molecular weight is 514 g/mol. The monoisotopic (exact) mass is 513 g/mol. The number of aryl methyl sites for hydroxylation is 1. The van der Waals surface area contributed by atoms with Crippen molar-refractivity contribution in [2.75, 3.05) is 6.54 Å². The predicted molar refractivity (Wildman–Crippen MR) is 124 cm³/mol. The zero-order chi connectivity index (χ0) is 23.5. The molecule has 4 rings (SSSR count). The number of rotatable bonds is 5. The van der Waals surface area contributed by atoms with E-state index in [1.807, 2.05) is 0 Å². The van der Waals surface area contributed by atoms with Gasteiger partial charge in [0, 0.05) is 42.0 Å². The third-order valence-corrected chi connectivity index (χ3v) is 5.78. The lowest BCUT2D eigenvalue weighted by atomic mass is 10.1.